The average Bonchev–Trinajstić information content (AvgIpc) is 2.47. The summed E-state index contributed by atoms with van der Waals surface area (Å²) in [6.45, 7) is 7.66. The fraction of sp³-hybridized carbons (Fsp3) is 0.588. The molecule has 0 radical (unpaired) electrons. The largest absolute Gasteiger partial charge is 0.486 e. The summed E-state index contributed by atoms with van der Waals surface area (Å²) in [6.07, 6.45) is 1.25. The Kier molecular flexibility index (Phi) is 4.03. The van der Waals surface area contributed by atoms with E-state index in [0.717, 1.165) is 30.2 Å². The number of likely N-dealkylation sites (tertiary alicyclic amines) is 1. The molecule has 0 N–H and O–H groups in total. The van der Waals surface area contributed by atoms with Crippen LogP contribution in [0, 0.1) is 23.2 Å². The predicted octanol–water partition coefficient (Wildman–Crippen LogP) is 3.00. The predicted molar refractivity (Wildman–Crippen MR) is 80.3 cm³/mol. The van der Waals surface area contributed by atoms with Crippen molar-refractivity contribution in [3.05, 3.63) is 23.8 Å². The van der Waals surface area contributed by atoms with Crippen molar-refractivity contribution in [1.29, 1.82) is 5.26 Å². The molecule has 0 aliphatic carbocycles. The van der Waals surface area contributed by atoms with Crippen LogP contribution in [-0.2, 0) is 0 Å². The van der Waals surface area contributed by atoms with Gasteiger partial charge in [-0.15, -0.1) is 0 Å². The van der Waals surface area contributed by atoms with Gasteiger partial charge < -0.3 is 9.47 Å². The first-order chi connectivity index (χ1) is 10.2. The number of hydrogen-bond donors (Lipinski definition) is 0. The Balaban J connectivity index is 1.84. The topological polar surface area (TPSA) is 45.5 Å². The first-order valence-corrected chi connectivity index (χ1v) is 7.70. The SMILES string of the molecule is CC1CC(C)CN(C(C#N)c2ccc3c(c2)OCCO3)C1. The van der Waals surface area contributed by atoms with Gasteiger partial charge in [-0.1, -0.05) is 19.9 Å². The smallest absolute Gasteiger partial charge is 0.161 e. The summed E-state index contributed by atoms with van der Waals surface area (Å²) in [4.78, 5) is 2.30. The summed E-state index contributed by atoms with van der Waals surface area (Å²) in [5.74, 6) is 2.82. The lowest BCUT2D eigenvalue weighted by Crippen LogP contribution is -2.40. The highest BCUT2D eigenvalue weighted by molar-refractivity contribution is 5.45. The van der Waals surface area contributed by atoms with Crippen LogP contribution in [0.2, 0.25) is 0 Å². The van der Waals surface area contributed by atoms with E-state index in [1.807, 2.05) is 18.2 Å². The molecule has 2 aliphatic heterocycles. The molecule has 4 nitrogen and oxygen atoms in total. The van der Waals surface area contributed by atoms with Gasteiger partial charge in [-0.3, -0.25) is 4.90 Å². The standard InChI is InChI=1S/C17H22N2O2/c1-12-7-13(2)11-19(10-12)15(9-18)14-3-4-16-17(8-14)21-6-5-20-16/h3-4,8,12-13,15H,5-7,10-11H2,1-2H3. The first kappa shape index (κ1) is 14.2. The van der Waals surface area contributed by atoms with Gasteiger partial charge in [-0.2, -0.15) is 5.26 Å². The van der Waals surface area contributed by atoms with Crippen molar-refractivity contribution in [1.82, 2.24) is 4.90 Å². The summed E-state index contributed by atoms with van der Waals surface area (Å²) in [5.41, 5.74) is 1.00. The van der Waals surface area contributed by atoms with E-state index < -0.39 is 0 Å². The Labute approximate surface area is 126 Å². The maximum Gasteiger partial charge on any atom is 0.161 e. The molecule has 0 bridgehead atoms. The number of nitrogens with zero attached hydrogens (tertiary/aromatic N) is 2. The third-order valence-corrected chi connectivity index (χ3v) is 4.27. The number of benzene rings is 1. The summed E-state index contributed by atoms with van der Waals surface area (Å²) in [6, 6.07) is 8.14. The van der Waals surface area contributed by atoms with Crippen LogP contribution in [0.15, 0.2) is 18.2 Å². The van der Waals surface area contributed by atoms with Gasteiger partial charge >= 0.3 is 0 Å². The molecule has 3 rings (SSSR count). The van der Waals surface area contributed by atoms with Gasteiger partial charge in [0.1, 0.15) is 19.3 Å². The van der Waals surface area contributed by atoms with Gasteiger partial charge in [0.2, 0.25) is 0 Å². The molecule has 0 spiro atoms. The highest BCUT2D eigenvalue weighted by atomic mass is 16.6. The summed E-state index contributed by atoms with van der Waals surface area (Å²) in [7, 11) is 0. The maximum absolute atomic E-state index is 9.64. The Morgan fingerprint density at radius 2 is 1.81 bits per heavy atom. The number of hydrogen-bond acceptors (Lipinski definition) is 4. The molecule has 0 aromatic heterocycles. The Morgan fingerprint density at radius 3 is 2.48 bits per heavy atom. The van der Waals surface area contributed by atoms with E-state index in [9.17, 15) is 5.26 Å². The van der Waals surface area contributed by atoms with Crippen molar-refractivity contribution in [2.75, 3.05) is 26.3 Å². The first-order valence-electron chi connectivity index (χ1n) is 7.70. The highest BCUT2D eigenvalue weighted by Gasteiger charge is 2.29. The van der Waals surface area contributed by atoms with Crippen molar-refractivity contribution in [3.8, 4) is 17.6 Å². The fourth-order valence-corrected chi connectivity index (χ4v) is 3.52. The van der Waals surface area contributed by atoms with Gasteiger partial charge in [-0.05, 0) is 36.0 Å². The number of piperidine rings is 1. The Morgan fingerprint density at radius 1 is 1.14 bits per heavy atom. The van der Waals surface area contributed by atoms with Crippen LogP contribution in [0.25, 0.3) is 0 Å². The van der Waals surface area contributed by atoms with Crippen LogP contribution >= 0.6 is 0 Å². The zero-order valence-electron chi connectivity index (χ0n) is 12.7. The van der Waals surface area contributed by atoms with E-state index >= 15 is 0 Å². The normalized spacial score (nSPS) is 26.9. The van der Waals surface area contributed by atoms with Gasteiger partial charge in [0.25, 0.3) is 0 Å². The molecule has 4 heteroatoms. The minimum absolute atomic E-state index is 0.203. The lowest BCUT2D eigenvalue weighted by atomic mass is 9.90. The molecular formula is C17H22N2O2. The lowest BCUT2D eigenvalue weighted by Gasteiger charge is -2.37. The lowest BCUT2D eigenvalue weighted by molar-refractivity contribution is 0.117. The zero-order valence-corrected chi connectivity index (χ0v) is 12.7. The molecule has 1 aromatic carbocycles. The van der Waals surface area contributed by atoms with Crippen molar-refractivity contribution < 1.29 is 9.47 Å². The minimum Gasteiger partial charge on any atom is -0.486 e. The second-order valence-corrected chi connectivity index (χ2v) is 6.33. The zero-order chi connectivity index (χ0) is 14.8. The van der Waals surface area contributed by atoms with Gasteiger partial charge in [0.05, 0.1) is 6.07 Å². The van der Waals surface area contributed by atoms with E-state index in [4.69, 9.17) is 9.47 Å². The van der Waals surface area contributed by atoms with Crippen molar-refractivity contribution in [2.24, 2.45) is 11.8 Å². The van der Waals surface area contributed by atoms with E-state index in [2.05, 4.69) is 24.8 Å². The second kappa shape index (κ2) is 5.95. The van der Waals surface area contributed by atoms with E-state index in [1.54, 1.807) is 0 Å². The molecule has 112 valence electrons. The van der Waals surface area contributed by atoms with Crippen LogP contribution in [0.5, 0.6) is 11.5 Å². The molecule has 0 saturated carbocycles. The summed E-state index contributed by atoms with van der Waals surface area (Å²) < 4.78 is 11.2. The van der Waals surface area contributed by atoms with Crippen molar-refractivity contribution in [2.45, 2.75) is 26.3 Å². The quantitative estimate of drug-likeness (QED) is 0.838. The van der Waals surface area contributed by atoms with Crippen LogP contribution in [0.1, 0.15) is 31.9 Å². The van der Waals surface area contributed by atoms with E-state index in [0.29, 0.717) is 25.0 Å². The monoisotopic (exact) mass is 286 g/mol. The Hall–Kier alpha value is -1.73. The fourth-order valence-electron chi connectivity index (χ4n) is 3.52. The van der Waals surface area contributed by atoms with Crippen LogP contribution in [0.3, 0.4) is 0 Å². The average molecular weight is 286 g/mol. The number of fused-ring (bicyclic) bond motifs is 1. The minimum atomic E-state index is -0.203. The van der Waals surface area contributed by atoms with Crippen molar-refractivity contribution in [3.63, 3.8) is 0 Å². The summed E-state index contributed by atoms with van der Waals surface area (Å²) >= 11 is 0. The maximum atomic E-state index is 9.64. The molecule has 21 heavy (non-hydrogen) atoms. The van der Waals surface area contributed by atoms with Crippen LogP contribution < -0.4 is 9.47 Å². The molecule has 2 aliphatic rings. The van der Waals surface area contributed by atoms with E-state index in [1.165, 1.54) is 6.42 Å². The highest BCUT2D eigenvalue weighted by Crippen LogP contribution is 2.35. The number of ether oxygens (including phenoxy) is 2. The van der Waals surface area contributed by atoms with Crippen LogP contribution in [-0.4, -0.2) is 31.2 Å². The molecule has 1 saturated heterocycles. The summed E-state index contributed by atoms with van der Waals surface area (Å²) in [5, 5.41) is 9.64. The molecule has 1 fully saturated rings. The van der Waals surface area contributed by atoms with Crippen molar-refractivity contribution >= 4 is 0 Å². The third-order valence-electron chi connectivity index (χ3n) is 4.27. The second-order valence-electron chi connectivity index (χ2n) is 6.33. The molecule has 3 atom stereocenters. The van der Waals surface area contributed by atoms with Gasteiger partial charge in [0.15, 0.2) is 11.5 Å². The molecule has 0 amide bonds. The third kappa shape index (κ3) is 2.98. The molecule has 2 heterocycles. The number of nitriles is 1. The van der Waals surface area contributed by atoms with Gasteiger partial charge in [0, 0.05) is 13.1 Å². The van der Waals surface area contributed by atoms with Gasteiger partial charge in [-0.25, -0.2) is 0 Å². The molecular weight excluding hydrogens is 264 g/mol. The number of rotatable bonds is 2. The molecule has 1 aromatic rings. The molecule has 3 unspecified atom stereocenters. The Bertz CT molecular complexity index is 542. The van der Waals surface area contributed by atoms with E-state index in [-0.39, 0.29) is 6.04 Å². The van der Waals surface area contributed by atoms with Crippen LogP contribution in [0.4, 0.5) is 0 Å².